The highest BCUT2D eigenvalue weighted by Gasteiger charge is 2.25. The maximum Gasteiger partial charge on any atom is 0.327 e. The van der Waals surface area contributed by atoms with E-state index in [4.69, 9.17) is 27.9 Å². The Kier molecular flexibility index (Phi) is 6.43. The Hall–Kier alpha value is 0.605. The van der Waals surface area contributed by atoms with Gasteiger partial charge in [0.2, 0.25) is 0 Å². The van der Waals surface area contributed by atoms with E-state index in [2.05, 4.69) is 13.8 Å². The first-order valence-corrected chi connectivity index (χ1v) is 5.24. The number of rotatable bonds is 5. The van der Waals surface area contributed by atoms with Crippen molar-refractivity contribution in [3.8, 4) is 0 Å². The molecule has 0 radical (unpaired) electrons. The first-order valence-electron chi connectivity index (χ1n) is 4.37. The second-order valence-corrected chi connectivity index (χ2v) is 4.85. The Labute approximate surface area is 85.9 Å². The van der Waals surface area contributed by atoms with E-state index in [-0.39, 0.29) is 13.0 Å². The van der Waals surface area contributed by atoms with Gasteiger partial charge in [0.15, 0.2) is 0 Å². The van der Waals surface area contributed by atoms with Gasteiger partial charge < -0.3 is 4.65 Å². The summed E-state index contributed by atoms with van der Waals surface area (Å²) in [5.41, 5.74) is 0. The lowest BCUT2D eigenvalue weighted by atomic mass is 9.63. The largest absolute Gasteiger partial charge is 0.431 e. The van der Waals surface area contributed by atoms with Crippen LogP contribution in [0.15, 0.2) is 0 Å². The van der Waals surface area contributed by atoms with Crippen LogP contribution in [0.4, 0.5) is 0 Å². The molecule has 1 nitrogen and oxygen atoms in total. The van der Waals surface area contributed by atoms with E-state index in [1.807, 2.05) is 13.8 Å². The lowest BCUT2D eigenvalue weighted by Gasteiger charge is -2.19. The number of halogens is 2. The summed E-state index contributed by atoms with van der Waals surface area (Å²) < 4.78 is 5.14. The quantitative estimate of drug-likeness (QED) is 0.500. The number of hydrogen-bond acceptors (Lipinski definition) is 1. The predicted octanol–water partition coefficient (Wildman–Crippen LogP) is 3.40. The van der Waals surface area contributed by atoms with Crippen LogP contribution in [0.3, 0.4) is 0 Å². The molecule has 0 aromatic rings. The molecule has 0 saturated heterocycles. The monoisotopic (exact) mass is 210 g/mol. The molecule has 0 aliphatic heterocycles. The van der Waals surface area contributed by atoms with Crippen molar-refractivity contribution in [2.75, 3.05) is 0 Å². The summed E-state index contributed by atoms with van der Waals surface area (Å²) in [7, 11) is 0. The smallest absolute Gasteiger partial charge is 0.327 e. The molecule has 0 aliphatic carbocycles. The van der Waals surface area contributed by atoms with Gasteiger partial charge >= 0.3 is 6.92 Å². The molecule has 0 aromatic carbocycles. The van der Waals surface area contributed by atoms with Crippen molar-refractivity contribution in [1.82, 2.24) is 0 Å². The van der Waals surface area contributed by atoms with Gasteiger partial charge in [-0.1, -0.05) is 19.8 Å². The van der Waals surface area contributed by atoms with Crippen molar-refractivity contribution < 1.29 is 4.65 Å². The van der Waals surface area contributed by atoms with Crippen LogP contribution in [-0.4, -0.2) is 17.8 Å². The van der Waals surface area contributed by atoms with Crippen LogP contribution >= 0.6 is 23.2 Å². The van der Waals surface area contributed by atoms with Crippen LogP contribution in [0.2, 0.25) is 6.32 Å². The third kappa shape index (κ3) is 6.16. The van der Waals surface area contributed by atoms with Crippen LogP contribution in [0.25, 0.3) is 0 Å². The summed E-state index contributed by atoms with van der Waals surface area (Å²) in [6.07, 6.45) is 1.10. The second-order valence-electron chi connectivity index (χ2n) is 3.69. The van der Waals surface area contributed by atoms with E-state index in [0.717, 1.165) is 6.32 Å². The normalized spacial score (nSPS) is 11.8. The third-order valence-corrected chi connectivity index (χ3v) is 1.99. The highest BCUT2D eigenvalue weighted by molar-refractivity contribution is 6.76. The molecular formula is C8H17BCl2O. The van der Waals surface area contributed by atoms with Gasteiger partial charge in [-0.2, -0.15) is 0 Å². The van der Waals surface area contributed by atoms with Gasteiger partial charge in [-0.25, -0.2) is 0 Å². The fourth-order valence-electron chi connectivity index (χ4n) is 1.03. The molecule has 0 unspecified atom stereocenters. The van der Waals surface area contributed by atoms with Gasteiger partial charge in [-0.15, -0.1) is 23.2 Å². The van der Waals surface area contributed by atoms with E-state index in [1.54, 1.807) is 0 Å². The Bertz CT molecular complexity index is 108. The minimum absolute atomic E-state index is 0.0340. The Morgan fingerprint density at radius 2 is 1.67 bits per heavy atom. The Balaban J connectivity index is 3.87. The average molecular weight is 211 g/mol. The van der Waals surface area contributed by atoms with E-state index >= 15 is 0 Å². The molecule has 0 N–H and O–H groups in total. The zero-order chi connectivity index (χ0) is 9.72. The number of hydrogen-bond donors (Lipinski definition) is 0. The van der Waals surface area contributed by atoms with Gasteiger partial charge in [0, 0.05) is 6.10 Å². The fourth-order valence-corrected chi connectivity index (χ4v) is 1.36. The summed E-state index contributed by atoms with van der Waals surface area (Å²) in [5.74, 6) is 0.564. The molecule has 0 atom stereocenters. The van der Waals surface area contributed by atoms with Crippen molar-refractivity contribution >= 4 is 30.1 Å². The Morgan fingerprint density at radius 3 is 1.92 bits per heavy atom. The maximum atomic E-state index is 5.77. The van der Waals surface area contributed by atoms with Crippen molar-refractivity contribution in [3.05, 3.63) is 0 Å². The summed E-state index contributed by atoms with van der Waals surface area (Å²) in [4.78, 5) is 0. The molecule has 0 bridgehead atoms. The molecule has 12 heavy (non-hydrogen) atoms. The molecule has 0 amide bonds. The first kappa shape index (κ1) is 12.6. The molecule has 72 valence electrons. The highest BCUT2D eigenvalue weighted by Crippen LogP contribution is 2.17. The van der Waals surface area contributed by atoms with E-state index in [0.29, 0.717) is 5.92 Å². The topological polar surface area (TPSA) is 9.23 Å². The first-order chi connectivity index (χ1) is 5.43. The molecule has 0 heterocycles. The van der Waals surface area contributed by atoms with Crippen molar-refractivity contribution in [1.29, 1.82) is 0 Å². The minimum Gasteiger partial charge on any atom is -0.431 e. The lowest BCUT2D eigenvalue weighted by Crippen LogP contribution is -2.30. The van der Waals surface area contributed by atoms with E-state index in [9.17, 15) is 0 Å². The zero-order valence-electron chi connectivity index (χ0n) is 8.18. The number of alkyl halides is 2. The van der Waals surface area contributed by atoms with Gasteiger partial charge in [0.25, 0.3) is 0 Å². The molecule has 0 spiro atoms. The van der Waals surface area contributed by atoms with Crippen molar-refractivity contribution in [3.63, 3.8) is 0 Å². The summed E-state index contributed by atoms with van der Waals surface area (Å²) >= 11 is 11.5. The van der Waals surface area contributed by atoms with Gasteiger partial charge in [-0.05, 0) is 20.2 Å². The lowest BCUT2D eigenvalue weighted by molar-refractivity contribution is 0.240. The van der Waals surface area contributed by atoms with Crippen LogP contribution in [0, 0.1) is 5.92 Å². The van der Waals surface area contributed by atoms with Gasteiger partial charge in [0.05, 0.1) is 0 Å². The van der Waals surface area contributed by atoms with Crippen molar-refractivity contribution in [2.45, 2.75) is 44.9 Å². The molecule has 0 aliphatic rings. The maximum absolute atomic E-state index is 5.77. The molecule has 0 fully saturated rings. The molecule has 0 aromatic heterocycles. The predicted molar refractivity (Wildman–Crippen MR) is 57.1 cm³/mol. The molecular weight excluding hydrogens is 194 g/mol. The van der Waals surface area contributed by atoms with Gasteiger partial charge in [-0.3, -0.25) is 0 Å². The SMILES string of the molecule is CC(C)CB(OC(C)C)C(Cl)Cl. The average Bonchev–Trinajstić information content (AvgIpc) is 1.83. The summed E-state index contributed by atoms with van der Waals surface area (Å²) in [6.45, 7) is 8.21. The molecule has 0 rings (SSSR count). The van der Waals surface area contributed by atoms with Crippen LogP contribution in [0.1, 0.15) is 27.7 Å². The van der Waals surface area contributed by atoms with E-state index in [1.165, 1.54) is 0 Å². The Morgan fingerprint density at radius 1 is 1.17 bits per heavy atom. The minimum atomic E-state index is -0.421. The van der Waals surface area contributed by atoms with Crippen molar-refractivity contribution in [2.24, 2.45) is 5.92 Å². The van der Waals surface area contributed by atoms with Crippen LogP contribution in [0.5, 0.6) is 0 Å². The fraction of sp³-hybridized carbons (Fsp3) is 1.00. The van der Waals surface area contributed by atoms with Gasteiger partial charge in [0.1, 0.15) is 4.74 Å². The summed E-state index contributed by atoms with van der Waals surface area (Å²) in [5, 5.41) is 0. The van der Waals surface area contributed by atoms with E-state index < -0.39 is 4.74 Å². The summed E-state index contributed by atoms with van der Waals surface area (Å²) in [6, 6.07) is 0. The molecule has 0 saturated carbocycles. The second kappa shape index (κ2) is 6.12. The molecule has 4 heteroatoms. The third-order valence-electron chi connectivity index (χ3n) is 1.43. The highest BCUT2D eigenvalue weighted by atomic mass is 35.5. The van der Waals surface area contributed by atoms with Crippen LogP contribution < -0.4 is 0 Å². The standard InChI is InChI=1S/C8H17BCl2O/c1-6(2)5-9(8(10)11)12-7(3)4/h6-8H,5H2,1-4H3. The zero-order valence-corrected chi connectivity index (χ0v) is 9.69. The van der Waals surface area contributed by atoms with Crippen LogP contribution in [-0.2, 0) is 4.65 Å².